The minimum Gasteiger partial charge on any atom is -0.295 e. The molecule has 0 spiro atoms. The summed E-state index contributed by atoms with van der Waals surface area (Å²) in [7, 11) is 2.13. The van der Waals surface area contributed by atoms with Gasteiger partial charge in [0.25, 0.3) is 0 Å². The van der Waals surface area contributed by atoms with Crippen LogP contribution in [-0.4, -0.2) is 11.3 Å². The van der Waals surface area contributed by atoms with Crippen molar-refractivity contribution in [1.29, 1.82) is 0 Å². The first kappa shape index (κ1) is 7.45. The third-order valence-corrected chi connectivity index (χ3v) is 1.19. The summed E-state index contributed by atoms with van der Waals surface area (Å²) in [5.74, 6) is 0.806. The van der Waals surface area contributed by atoms with Crippen molar-refractivity contribution < 1.29 is 4.79 Å². The first-order valence-electron chi connectivity index (χ1n) is 2.16. The number of carbonyl (C=O) groups is 1. The molecule has 1 unspecified atom stereocenters. The maximum absolute atomic E-state index is 10.1. The summed E-state index contributed by atoms with van der Waals surface area (Å²) in [6.45, 7) is 0. The molecule has 0 aliphatic rings. The molecule has 0 aromatic carbocycles. The minimum atomic E-state index is 0.175. The fraction of sp³-hybridized carbons (Fsp3) is 0.750. The van der Waals surface area contributed by atoms with Crippen LogP contribution >= 0.6 is 21.9 Å². The lowest BCUT2D eigenvalue weighted by Crippen LogP contribution is -1.84. The fourth-order valence-electron chi connectivity index (χ4n) is 0.253. The first-order valence-corrected chi connectivity index (χ1v) is 3.37. The summed E-state index contributed by atoms with van der Waals surface area (Å²) < 4.78 is 0. The molecule has 7 heavy (non-hydrogen) atoms. The van der Waals surface area contributed by atoms with Crippen molar-refractivity contribution in [3.63, 3.8) is 0 Å². The Morgan fingerprint density at radius 1 is 1.71 bits per heavy atom. The van der Waals surface area contributed by atoms with Gasteiger partial charge < -0.3 is 0 Å². The van der Waals surface area contributed by atoms with Gasteiger partial charge in [0.05, 0.1) is 0 Å². The molecular formula is C4H9OPS. The highest BCUT2D eigenvalue weighted by atomic mass is 32.1. The van der Waals surface area contributed by atoms with Gasteiger partial charge in [-0.2, -0.15) is 12.6 Å². The molecule has 0 bridgehead atoms. The van der Waals surface area contributed by atoms with Crippen LogP contribution in [0.2, 0.25) is 0 Å². The van der Waals surface area contributed by atoms with Crippen LogP contribution in [-0.2, 0) is 4.79 Å². The summed E-state index contributed by atoms with van der Waals surface area (Å²) in [6.07, 6.45) is 1.54. The van der Waals surface area contributed by atoms with Crippen LogP contribution in [0.1, 0.15) is 12.8 Å². The zero-order valence-corrected chi connectivity index (χ0v) is 6.10. The van der Waals surface area contributed by atoms with E-state index >= 15 is 0 Å². The van der Waals surface area contributed by atoms with Crippen LogP contribution in [0.5, 0.6) is 0 Å². The van der Waals surface area contributed by atoms with Gasteiger partial charge in [-0.1, -0.05) is 9.24 Å². The third-order valence-electron chi connectivity index (χ3n) is 0.581. The maximum Gasteiger partial charge on any atom is 0.148 e. The van der Waals surface area contributed by atoms with Crippen LogP contribution in [0.4, 0.5) is 0 Å². The van der Waals surface area contributed by atoms with Gasteiger partial charge in [0.1, 0.15) is 5.52 Å². The Kier molecular flexibility index (Phi) is 4.90. The zero-order valence-electron chi connectivity index (χ0n) is 4.05. The highest BCUT2D eigenvalue weighted by Gasteiger charge is 1.88. The number of hydrogen-bond acceptors (Lipinski definition) is 2. The number of hydrogen-bond donors (Lipinski definition) is 1. The summed E-state index contributed by atoms with van der Waals surface area (Å²) in [5, 5.41) is 0. The van der Waals surface area contributed by atoms with E-state index in [4.69, 9.17) is 0 Å². The quantitative estimate of drug-likeness (QED) is 0.454. The molecule has 1 atom stereocenters. The van der Waals surface area contributed by atoms with E-state index in [1.165, 1.54) is 0 Å². The van der Waals surface area contributed by atoms with Gasteiger partial charge in [-0.25, -0.2) is 0 Å². The van der Waals surface area contributed by atoms with Crippen molar-refractivity contribution in [3.05, 3.63) is 0 Å². The molecule has 0 aromatic heterocycles. The first-order chi connectivity index (χ1) is 3.27. The normalized spacial score (nSPS) is 8.86. The largest absolute Gasteiger partial charge is 0.295 e. The molecule has 42 valence electrons. The molecular weight excluding hydrogens is 127 g/mol. The van der Waals surface area contributed by atoms with Crippen molar-refractivity contribution in [2.75, 3.05) is 5.75 Å². The second kappa shape index (κ2) is 4.61. The van der Waals surface area contributed by atoms with Crippen molar-refractivity contribution in [1.82, 2.24) is 0 Å². The Bertz CT molecular complexity index is 64.7. The molecule has 0 fully saturated rings. The molecule has 0 saturated heterocycles. The molecule has 0 rings (SSSR count). The second-order valence-corrected chi connectivity index (χ2v) is 2.38. The van der Waals surface area contributed by atoms with Crippen LogP contribution in [0, 0.1) is 0 Å². The highest BCUT2D eigenvalue weighted by molar-refractivity contribution is 7.80. The van der Waals surface area contributed by atoms with Gasteiger partial charge in [0.15, 0.2) is 0 Å². The number of thiol groups is 1. The van der Waals surface area contributed by atoms with Crippen molar-refractivity contribution in [2.24, 2.45) is 0 Å². The lowest BCUT2D eigenvalue weighted by molar-refractivity contribution is -0.111. The average molecular weight is 136 g/mol. The van der Waals surface area contributed by atoms with E-state index in [0.29, 0.717) is 6.42 Å². The zero-order chi connectivity index (χ0) is 5.70. The number of rotatable bonds is 3. The standard InChI is InChI=1S/C4H9OPS/c5-4(6)2-1-3-7/h7H,1-3,6H2. The molecule has 0 radical (unpaired) electrons. The van der Waals surface area contributed by atoms with Crippen molar-refractivity contribution in [3.8, 4) is 0 Å². The Balaban J connectivity index is 2.82. The van der Waals surface area contributed by atoms with Crippen LogP contribution in [0.15, 0.2) is 0 Å². The molecule has 0 aromatic rings. The van der Waals surface area contributed by atoms with Gasteiger partial charge >= 0.3 is 0 Å². The smallest absolute Gasteiger partial charge is 0.148 e. The Labute approximate surface area is 51.5 Å². The van der Waals surface area contributed by atoms with E-state index in [2.05, 4.69) is 21.9 Å². The Morgan fingerprint density at radius 3 is 2.43 bits per heavy atom. The lowest BCUT2D eigenvalue weighted by Gasteiger charge is -1.86. The molecule has 0 aliphatic heterocycles. The van der Waals surface area contributed by atoms with E-state index in [0.717, 1.165) is 12.2 Å². The van der Waals surface area contributed by atoms with Gasteiger partial charge in [0.2, 0.25) is 0 Å². The Morgan fingerprint density at radius 2 is 2.29 bits per heavy atom. The van der Waals surface area contributed by atoms with Crippen LogP contribution in [0.3, 0.4) is 0 Å². The van der Waals surface area contributed by atoms with Gasteiger partial charge in [0, 0.05) is 6.42 Å². The molecule has 0 saturated carbocycles. The summed E-state index contributed by atoms with van der Waals surface area (Å²) in [4.78, 5) is 10.1. The summed E-state index contributed by atoms with van der Waals surface area (Å²) >= 11 is 3.93. The monoisotopic (exact) mass is 136 g/mol. The SMILES string of the molecule is O=C(P)CCCS. The molecule has 0 aliphatic carbocycles. The van der Waals surface area contributed by atoms with E-state index in [1.54, 1.807) is 0 Å². The molecule has 0 heterocycles. The van der Waals surface area contributed by atoms with E-state index < -0.39 is 0 Å². The van der Waals surface area contributed by atoms with Gasteiger partial charge in [-0.15, -0.1) is 0 Å². The second-order valence-electron chi connectivity index (χ2n) is 1.29. The topological polar surface area (TPSA) is 17.1 Å². The van der Waals surface area contributed by atoms with Crippen molar-refractivity contribution >= 4 is 27.4 Å². The summed E-state index contributed by atoms with van der Waals surface area (Å²) in [5.41, 5.74) is 0.175. The number of carbonyl (C=O) groups excluding carboxylic acids is 1. The van der Waals surface area contributed by atoms with Crippen LogP contribution in [0.25, 0.3) is 0 Å². The molecule has 0 N–H and O–H groups in total. The van der Waals surface area contributed by atoms with Crippen LogP contribution < -0.4 is 0 Å². The van der Waals surface area contributed by atoms with E-state index in [9.17, 15) is 4.79 Å². The molecule has 3 heteroatoms. The predicted molar refractivity (Wildman–Crippen MR) is 37.8 cm³/mol. The fourth-order valence-corrected chi connectivity index (χ4v) is 0.616. The maximum atomic E-state index is 10.1. The average Bonchev–Trinajstić information content (AvgIpc) is 1.61. The lowest BCUT2D eigenvalue weighted by atomic mass is 10.4. The van der Waals surface area contributed by atoms with Gasteiger partial charge in [-0.3, -0.25) is 4.79 Å². The Hall–Kier alpha value is 0.450. The third kappa shape index (κ3) is 6.45. The molecule has 0 amide bonds. The van der Waals surface area contributed by atoms with E-state index in [1.807, 2.05) is 0 Å². The van der Waals surface area contributed by atoms with E-state index in [-0.39, 0.29) is 5.52 Å². The minimum absolute atomic E-state index is 0.175. The van der Waals surface area contributed by atoms with Gasteiger partial charge in [-0.05, 0) is 12.2 Å². The predicted octanol–water partition coefficient (Wildman–Crippen LogP) is 1.10. The molecule has 1 nitrogen and oxygen atoms in total. The summed E-state index contributed by atoms with van der Waals surface area (Å²) in [6, 6.07) is 0. The van der Waals surface area contributed by atoms with Crippen molar-refractivity contribution in [2.45, 2.75) is 12.8 Å². The highest BCUT2D eigenvalue weighted by Crippen LogP contribution is 1.97.